The molecule has 14 heteroatoms. The standard InChI is InChI=1S/C28H28F6N2O6/c1-3-6-17-18-14-42-26(27(29,30)31,28(32,33)34)19(18)8-10-20(17)39-12-5-4-11-36-23(37)25(2,35-24(36)38)16-7-9-21-22(13-16)41-15-40-21/h7-10,13H,3-6,11-12,14-15H2,1-2H3,(H,35,38). The van der Waals surface area contributed by atoms with Crippen LogP contribution in [0.4, 0.5) is 31.1 Å². The summed E-state index contributed by atoms with van der Waals surface area (Å²) in [6, 6.07) is 6.28. The number of halogens is 6. The highest BCUT2D eigenvalue weighted by molar-refractivity contribution is 6.07. The molecule has 0 bridgehead atoms. The van der Waals surface area contributed by atoms with Crippen LogP contribution in [-0.4, -0.2) is 49.1 Å². The van der Waals surface area contributed by atoms with Gasteiger partial charge in [-0.3, -0.25) is 9.69 Å². The van der Waals surface area contributed by atoms with Gasteiger partial charge in [0.05, 0.1) is 13.2 Å². The number of carbonyl (C=O) groups is 2. The van der Waals surface area contributed by atoms with Crippen LogP contribution < -0.4 is 19.5 Å². The number of nitrogens with one attached hydrogen (secondary N) is 1. The first kappa shape index (κ1) is 29.8. The summed E-state index contributed by atoms with van der Waals surface area (Å²) in [7, 11) is 0. The molecule has 1 unspecified atom stereocenters. The Bertz CT molecular complexity index is 1380. The van der Waals surface area contributed by atoms with Crippen molar-refractivity contribution in [2.75, 3.05) is 19.9 Å². The quantitative estimate of drug-likeness (QED) is 0.221. The second kappa shape index (κ2) is 10.5. The van der Waals surface area contributed by atoms with Gasteiger partial charge in [-0.15, -0.1) is 0 Å². The minimum Gasteiger partial charge on any atom is -0.493 e. The van der Waals surface area contributed by atoms with Crippen molar-refractivity contribution in [2.45, 2.75) is 69.6 Å². The van der Waals surface area contributed by atoms with Crippen LogP contribution in [0.1, 0.15) is 55.4 Å². The molecule has 1 saturated heterocycles. The number of benzene rings is 2. The molecule has 3 aliphatic heterocycles. The highest BCUT2D eigenvalue weighted by Gasteiger charge is 2.75. The van der Waals surface area contributed by atoms with E-state index in [9.17, 15) is 35.9 Å². The van der Waals surface area contributed by atoms with Gasteiger partial charge in [-0.05, 0) is 55.5 Å². The molecule has 0 aromatic heterocycles. The fourth-order valence-electron chi connectivity index (χ4n) is 5.57. The third-order valence-corrected chi connectivity index (χ3v) is 7.76. The molecule has 0 spiro atoms. The lowest BCUT2D eigenvalue weighted by molar-refractivity contribution is -0.385. The second-order valence-electron chi connectivity index (χ2n) is 10.4. The van der Waals surface area contributed by atoms with Gasteiger partial charge in [0.15, 0.2) is 11.5 Å². The van der Waals surface area contributed by atoms with Crippen molar-refractivity contribution in [3.63, 3.8) is 0 Å². The molecule has 228 valence electrons. The predicted molar refractivity (Wildman–Crippen MR) is 134 cm³/mol. The number of ether oxygens (including phenoxy) is 4. The van der Waals surface area contributed by atoms with Gasteiger partial charge in [0.1, 0.15) is 11.3 Å². The van der Waals surface area contributed by atoms with Crippen molar-refractivity contribution in [1.82, 2.24) is 10.2 Å². The van der Waals surface area contributed by atoms with E-state index in [2.05, 4.69) is 10.1 Å². The van der Waals surface area contributed by atoms with Crippen LogP contribution in [0.15, 0.2) is 30.3 Å². The van der Waals surface area contributed by atoms with E-state index in [4.69, 9.17) is 14.2 Å². The van der Waals surface area contributed by atoms with Crippen LogP contribution in [0.25, 0.3) is 0 Å². The zero-order valence-corrected chi connectivity index (χ0v) is 22.7. The van der Waals surface area contributed by atoms with Crippen LogP contribution >= 0.6 is 0 Å². The number of alkyl halides is 6. The number of imide groups is 1. The highest BCUT2D eigenvalue weighted by Crippen LogP contribution is 2.58. The first-order chi connectivity index (χ1) is 19.7. The summed E-state index contributed by atoms with van der Waals surface area (Å²) in [5.41, 5.74) is -6.08. The van der Waals surface area contributed by atoms with Crippen molar-refractivity contribution < 1.29 is 54.9 Å². The summed E-state index contributed by atoms with van der Waals surface area (Å²) in [4.78, 5) is 26.9. The Labute approximate surface area is 236 Å². The Kier molecular flexibility index (Phi) is 7.48. The van der Waals surface area contributed by atoms with Crippen LogP contribution in [0, 0.1) is 0 Å². The van der Waals surface area contributed by atoms with Gasteiger partial charge in [0.25, 0.3) is 11.5 Å². The molecule has 3 aliphatic rings. The molecule has 1 N–H and O–H groups in total. The van der Waals surface area contributed by atoms with E-state index in [0.29, 0.717) is 36.3 Å². The maximum atomic E-state index is 13.7. The zero-order chi connectivity index (χ0) is 30.5. The van der Waals surface area contributed by atoms with Gasteiger partial charge in [-0.1, -0.05) is 25.5 Å². The molecule has 3 amide bonds. The maximum absolute atomic E-state index is 13.7. The minimum atomic E-state index is -5.71. The minimum absolute atomic E-state index is 0.0587. The number of nitrogens with zero attached hydrogens (tertiary/aromatic N) is 1. The Balaban J connectivity index is 1.23. The second-order valence-corrected chi connectivity index (χ2v) is 10.4. The molecule has 8 nitrogen and oxygen atoms in total. The number of hydrogen-bond acceptors (Lipinski definition) is 6. The van der Waals surface area contributed by atoms with Gasteiger partial charge >= 0.3 is 18.4 Å². The number of hydrogen-bond donors (Lipinski definition) is 1. The molecule has 3 heterocycles. The molecule has 42 heavy (non-hydrogen) atoms. The maximum Gasteiger partial charge on any atom is 0.430 e. The topological polar surface area (TPSA) is 86.3 Å². The molecule has 0 radical (unpaired) electrons. The summed E-state index contributed by atoms with van der Waals surface area (Å²) in [5.74, 6) is 0.724. The molecule has 2 aromatic rings. The Morgan fingerprint density at radius 3 is 2.40 bits per heavy atom. The molecule has 0 aliphatic carbocycles. The average molecular weight is 603 g/mol. The van der Waals surface area contributed by atoms with E-state index in [1.54, 1.807) is 32.0 Å². The summed E-state index contributed by atoms with van der Waals surface area (Å²) in [6.07, 6.45) is -10.1. The lowest BCUT2D eigenvalue weighted by atomic mass is 9.87. The molecular weight excluding hydrogens is 574 g/mol. The van der Waals surface area contributed by atoms with Gasteiger partial charge < -0.3 is 24.3 Å². The van der Waals surface area contributed by atoms with Crippen molar-refractivity contribution in [3.8, 4) is 17.2 Å². The monoisotopic (exact) mass is 602 g/mol. The lowest BCUT2D eigenvalue weighted by Gasteiger charge is -2.33. The van der Waals surface area contributed by atoms with Crippen LogP contribution in [0.3, 0.4) is 0 Å². The van der Waals surface area contributed by atoms with Crippen molar-refractivity contribution in [3.05, 3.63) is 52.6 Å². The number of carbonyl (C=O) groups excluding carboxylic acids is 2. The van der Waals surface area contributed by atoms with Gasteiger partial charge in [0, 0.05) is 17.7 Å². The normalized spacial score (nSPS) is 21.1. The largest absolute Gasteiger partial charge is 0.493 e. The van der Waals surface area contributed by atoms with Crippen LogP contribution in [0.2, 0.25) is 0 Å². The third kappa shape index (κ3) is 4.69. The molecular formula is C28H28F6N2O6. The van der Waals surface area contributed by atoms with Crippen LogP contribution in [0.5, 0.6) is 17.2 Å². The lowest BCUT2D eigenvalue weighted by Crippen LogP contribution is -2.53. The zero-order valence-electron chi connectivity index (χ0n) is 22.7. The highest BCUT2D eigenvalue weighted by atomic mass is 19.4. The first-order valence-corrected chi connectivity index (χ1v) is 13.3. The predicted octanol–water partition coefficient (Wildman–Crippen LogP) is 5.84. The summed E-state index contributed by atoms with van der Waals surface area (Å²) in [5, 5.41) is 2.72. The number of fused-ring (bicyclic) bond motifs is 2. The van der Waals surface area contributed by atoms with Gasteiger partial charge in [-0.2, -0.15) is 26.3 Å². The fourth-order valence-corrected chi connectivity index (χ4v) is 5.57. The molecule has 5 rings (SSSR count). The Hall–Kier alpha value is -3.68. The van der Waals surface area contributed by atoms with Crippen molar-refractivity contribution >= 4 is 11.9 Å². The van der Waals surface area contributed by atoms with E-state index >= 15 is 0 Å². The smallest absolute Gasteiger partial charge is 0.430 e. The van der Waals surface area contributed by atoms with E-state index < -0.39 is 47.6 Å². The van der Waals surface area contributed by atoms with Gasteiger partial charge in [0.2, 0.25) is 6.79 Å². The van der Waals surface area contributed by atoms with E-state index in [0.717, 1.165) is 17.0 Å². The summed E-state index contributed by atoms with van der Waals surface area (Å²) >= 11 is 0. The van der Waals surface area contributed by atoms with Crippen molar-refractivity contribution in [2.24, 2.45) is 0 Å². The Morgan fingerprint density at radius 2 is 1.71 bits per heavy atom. The average Bonchev–Trinajstić information content (AvgIpc) is 3.60. The van der Waals surface area contributed by atoms with E-state index in [1.165, 1.54) is 0 Å². The fraction of sp³-hybridized carbons (Fsp3) is 0.500. The van der Waals surface area contributed by atoms with E-state index in [1.807, 2.05) is 0 Å². The van der Waals surface area contributed by atoms with Crippen molar-refractivity contribution in [1.29, 1.82) is 0 Å². The van der Waals surface area contributed by atoms with Gasteiger partial charge in [-0.25, -0.2) is 4.79 Å². The molecule has 1 atom stereocenters. The number of rotatable bonds is 9. The summed E-state index contributed by atoms with van der Waals surface area (Å²) < 4.78 is 103. The first-order valence-electron chi connectivity index (χ1n) is 13.3. The summed E-state index contributed by atoms with van der Waals surface area (Å²) in [6.45, 7) is 2.68. The number of unbranched alkanes of at least 4 members (excludes halogenated alkanes) is 1. The Morgan fingerprint density at radius 1 is 1.00 bits per heavy atom. The number of urea groups is 1. The molecule has 0 saturated carbocycles. The third-order valence-electron chi connectivity index (χ3n) is 7.76. The SMILES string of the molecule is CCCc1c(OCCCCN2C(=O)NC(C)(c3ccc4c(c3)OCO4)C2=O)ccc2c1COC2(C(F)(F)F)C(F)(F)F. The van der Waals surface area contributed by atoms with Crippen LogP contribution in [-0.2, 0) is 33.7 Å². The molecule has 1 fully saturated rings. The number of amides is 3. The molecule has 2 aromatic carbocycles. The van der Waals surface area contributed by atoms with E-state index in [-0.39, 0.29) is 43.2 Å².